The molecule has 0 N–H and O–H groups in total. The summed E-state index contributed by atoms with van der Waals surface area (Å²) in [5, 5.41) is 0.572. The van der Waals surface area contributed by atoms with Crippen LogP contribution in [0.25, 0.3) is 22.4 Å². The second-order valence-electron chi connectivity index (χ2n) is 6.50. The van der Waals surface area contributed by atoms with Gasteiger partial charge in [-0.3, -0.25) is 4.79 Å². The zero-order valence-electron chi connectivity index (χ0n) is 16.4. The molecule has 0 saturated carbocycles. The second kappa shape index (κ2) is 8.80. The summed E-state index contributed by atoms with van der Waals surface area (Å²) in [6.45, 7) is 4.03. The minimum Gasteiger partial charge on any atom is -0.465 e. The molecule has 0 amide bonds. The molecule has 0 aliphatic rings. The molecular formula is C22H17Cl3FNO3. The van der Waals surface area contributed by atoms with E-state index in [-0.39, 0.29) is 21.2 Å². The van der Waals surface area contributed by atoms with Gasteiger partial charge in [0.2, 0.25) is 5.43 Å². The SMILES string of the molecule is CCn1c(C)c(-c2ccc(Cl)cc2Cl)c(=O)c(C(=O)OC)c1-c1ccc(F)c(Cl)c1. The molecule has 0 unspecified atom stereocenters. The molecule has 0 saturated heterocycles. The summed E-state index contributed by atoms with van der Waals surface area (Å²) in [5.74, 6) is -1.42. The monoisotopic (exact) mass is 467 g/mol. The molecule has 2 aromatic carbocycles. The highest BCUT2D eigenvalue weighted by molar-refractivity contribution is 6.36. The predicted molar refractivity (Wildman–Crippen MR) is 118 cm³/mol. The van der Waals surface area contributed by atoms with Crippen molar-refractivity contribution in [3.8, 4) is 22.4 Å². The van der Waals surface area contributed by atoms with Crippen LogP contribution in [0.1, 0.15) is 23.0 Å². The third-order valence-electron chi connectivity index (χ3n) is 4.83. The van der Waals surface area contributed by atoms with Gasteiger partial charge in [0.15, 0.2) is 0 Å². The van der Waals surface area contributed by atoms with Gasteiger partial charge in [0.25, 0.3) is 0 Å². The van der Waals surface area contributed by atoms with Gasteiger partial charge < -0.3 is 9.30 Å². The highest BCUT2D eigenvalue weighted by atomic mass is 35.5. The van der Waals surface area contributed by atoms with Crippen molar-refractivity contribution in [3.05, 3.63) is 78.8 Å². The van der Waals surface area contributed by atoms with Crippen LogP contribution in [0.5, 0.6) is 0 Å². The number of halogens is 4. The number of hydrogen-bond acceptors (Lipinski definition) is 3. The molecular weight excluding hydrogens is 452 g/mol. The van der Waals surface area contributed by atoms with Crippen LogP contribution in [0.15, 0.2) is 41.2 Å². The molecule has 0 bridgehead atoms. The maximum absolute atomic E-state index is 13.7. The van der Waals surface area contributed by atoms with E-state index in [4.69, 9.17) is 39.5 Å². The van der Waals surface area contributed by atoms with Crippen LogP contribution in [0, 0.1) is 12.7 Å². The molecule has 30 heavy (non-hydrogen) atoms. The fraction of sp³-hybridized carbons (Fsp3) is 0.182. The van der Waals surface area contributed by atoms with Gasteiger partial charge in [-0.25, -0.2) is 9.18 Å². The van der Waals surface area contributed by atoms with Gasteiger partial charge in [-0.05, 0) is 44.2 Å². The minimum absolute atomic E-state index is 0.124. The van der Waals surface area contributed by atoms with Crippen LogP contribution in [0.4, 0.5) is 4.39 Å². The van der Waals surface area contributed by atoms with E-state index in [2.05, 4.69) is 0 Å². The topological polar surface area (TPSA) is 48.3 Å². The van der Waals surface area contributed by atoms with E-state index in [0.717, 1.165) is 0 Å². The first-order valence-electron chi connectivity index (χ1n) is 8.97. The highest BCUT2D eigenvalue weighted by Crippen LogP contribution is 2.35. The normalized spacial score (nSPS) is 10.9. The standard InChI is InChI=1S/C22H17Cl3FNO3/c1-4-27-11(2)18(14-7-6-13(23)10-15(14)24)21(28)19(22(29)30-3)20(27)12-5-8-17(26)16(25)9-12/h5-10H,4H2,1-3H3. The number of esters is 1. The Morgan fingerprint density at radius 1 is 1.10 bits per heavy atom. The number of rotatable bonds is 4. The number of carbonyl (C=O) groups excluding carboxylic acids is 1. The first-order valence-corrected chi connectivity index (χ1v) is 10.1. The van der Waals surface area contributed by atoms with E-state index >= 15 is 0 Å². The molecule has 0 fully saturated rings. The van der Waals surface area contributed by atoms with Crippen LogP contribution >= 0.6 is 34.8 Å². The van der Waals surface area contributed by atoms with Crippen molar-refractivity contribution in [1.29, 1.82) is 0 Å². The molecule has 0 aliphatic carbocycles. The Hall–Kier alpha value is -2.34. The van der Waals surface area contributed by atoms with Crippen molar-refractivity contribution in [1.82, 2.24) is 4.57 Å². The van der Waals surface area contributed by atoms with Crippen LogP contribution in [-0.2, 0) is 11.3 Å². The largest absolute Gasteiger partial charge is 0.465 e. The average Bonchev–Trinajstić information content (AvgIpc) is 2.70. The van der Waals surface area contributed by atoms with Gasteiger partial charge in [-0.1, -0.05) is 40.9 Å². The Balaban J connectivity index is 2.49. The van der Waals surface area contributed by atoms with Gasteiger partial charge in [-0.15, -0.1) is 0 Å². The van der Waals surface area contributed by atoms with E-state index in [1.54, 1.807) is 23.6 Å². The summed E-state index contributed by atoms with van der Waals surface area (Å²) >= 11 is 18.3. The fourth-order valence-corrected chi connectivity index (χ4v) is 4.16. The number of nitrogens with zero attached hydrogens (tertiary/aromatic N) is 1. The number of carbonyl (C=O) groups is 1. The Kier molecular flexibility index (Phi) is 6.56. The first-order chi connectivity index (χ1) is 14.2. The van der Waals surface area contributed by atoms with Gasteiger partial charge >= 0.3 is 5.97 Å². The number of pyridine rings is 1. The lowest BCUT2D eigenvalue weighted by Gasteiger charge is -2.22. The van der Waals surface area contributed by atoms with Crippen LogP contribution < -0.4 is 5.43 Å². The maximum Gasteiger partial charge on any atom is 0.344 e. The quantitative estimate of drug-likeness (QED) is 0.416. The second-order valence-corrected chi connectivity index (χ2v) is 7.75. The predicted octanol–water partition coefficient (Wildman–Crippen LogP) is 6.40. The van der Waals surface area contributed by atoms with E-state index < -0.39 is 17.2 Å². The maximum atomic E-state index is 13.7. The molecule has 3 aromatic rings. The van der Waals surface area contributed by atoms with E-state index in [1.165, 1.54) is 31.4 Å². The zero-order chi connectivity index (χ0) is 22.2. The third kappa shape index (κ3) is 3.85. The minimum atomic E-state index is -0.816. The van der Waals surface area contributed by atoms with Gasteiger partial charge in [0.05, 0.1) is 28.4 Å². The third-order valence-corrected chi connectivity index (χ3v) is 5.66. The van der Waals surface area contributed by atoms with Crippen LogP contribution in [-0.4, -0.2) is 17.6 Å². The number of benzene rings is 2. The summed E-state index contributed by atoms with van der Waals surface area (Å²) in [6.07, 6.45) is 0. The van der Waals surface area contributed by atoms with Gasteiger partial charge in [0, 0.05) is 28.4 Å². The molecule has 0 atom stereocenters. The van der Waals surface area contributed by atoms with E-state index in [9.17, 15) is 14.0 Å². The van der Waals surface area contributed by atoms with Gasteiger partial charge in [0.1, 0.15) is 11.4 Å². The molecule has 0 radical (unpaired) electrons. The van der Waals surface area contributed by atoms with Crippen molar-refractivity contribution in [2.24, 2.45) is 0 Å². The first kappa shape index (κ1) is 22.3. The van der Waals surface area contributed by atoms with Crippen molar-refractivity contribution >= 4 is 40.8 Å². The molecule has 0 spiro atoms. The Labute approximate surface area is 187 Å². The Bertz CT molecular complexity index is 1220. The summed E-state index contributed by atoms with van der Waals surface area (Å²) < 4.78 is 20.4. The molecule has 1 heterocycles. The highest BCUT2D eigenvalue weighted by Gasteiger charge is 2.27. The van der Waals surface area contributed by atoms with Crippen molar-refractivity contribution in [2.75, 3.05) is 7.11 Å². The summed E-state index contributed by atoms with van der Waals surface area (Å²) in [5.41, 5.74) is 1.25. The van der Waals surface area contributed by atoms with Crippen LogP contribution in [0.2, 0.25) is 15.1 Å². The molecule has 3 rings (SSSR count). The van der Waals surface area contributed by atoms with E-state index in [1.807, 2.05) is 6.92 Å². The Morgan fingerprint density at radius 2 is 1.80 bits per heavy atom. The molecule has 1 aromatic heterocycles. The smallest absolute Gasteiger partial charge is 0.344 e. The number of methoxy groups -OCH3 is 1. The number of ether oxygens (including phenoxy) is 1. The molecule has 8 heteroatoms. The number of hydrogen-bond donors (Lipinski definition) is 0. The molecule has 4 nitrogen and oxygen atoms in total. The fourth-order valence-electron chi connectivity index (χ4n) is 3.47. The lowest BCUT2D eigenvalue weighted by atomic mass is 9.96. The summed E-state index contributed by atoms with van der Waals surface area (Å²) in [7, 11) is 1.19. The average molecular weight is 469 g/mol. The number of aromatic nitrogens is 1. The van der Waals surface area contributed by atoms with Crippen LogP contribution in [0.3, 0.4) is 0 Å². The lowest BCUT2D eigenvalue weighted by molar-refractivity contribution is 0.0599. The summed E-state index contributed by atoms with van der Waals surface area (Å²) in [6, 6.07) is 8.79. The van der Waals surface area contributed by atoms with Gasteiger partial charge in [-0.2, -0.15) is 0 Å². The van der Waals surface area contributed by atoms with E-state index in [0.29, 0.717) is 34.1 Å². The lowest BCUT2D eigenvalue weighted by Crippen LogP contribution is -2.26. The summed E-state index contributed by atoms with van der Waals surface area (Å²) in [4.78, 5) is 26.2. The molecule has 0 aliphatic heterocycles. The zero-order valence-corrected chi connectivity index (χ0v) is 18.6. The van der Waals surface area contributed by atoms with Crippen molar-refractivity contribution in [3.63, 3.8) is 0 Å². The molecule has 156 valence electrons. The van der Waals surface area contributed by atoms with Crippen molar-refractivity contribution < 1.29 is 13.9 Å². The Morgan fingerprint density at radius 3 is 2.37 bits per heavy atom. The van der Waals surface area contributed by atoms with Crippen molar-refractivity contribution in [2.45, 2.75) is 20.4 Å².